The molecule has 13 N–H and O–H groups in total. The van der Waals surface area contributed by atoms with Crippen molar-refractivity contribution >= 4 is 29.7 Å². The maximum absolute atomic E-state index is 11.7. The predicted molar refractivity (Wildman–Crippen MR) is 126 cm³/mol. The van der Waals surface area contributed by atoms with Crippen molar-refractivity contribution in [2.45, 2.75) is 37.4 Å². The fraction of sp³-hybridized carbons (Fsp3) is 0.476. The summed E-state index contributed by atoms with van der Waals surface area (Å²) in [5.41, 5.74) is 16.6. The largest absolute Gasteiger partial charge is 0.504 e. The van der Waals surface area contributed by atoms with Gasteiger partial charge in [0, 0.05) is 6.54 Å². The van der Waals surface area contributed by atoms with E-state index >= 15 is 0 Å². The monoisotopic (exact) mass is 531 g/mol. The lowest BCUT2D eigenvalue weighted by Gasteiger charge is -2.13. The Morgan fingerprint density at radius 1 is 0.865 bits per heavy atom. The van der Waals surface area contributed by atoms with Crippen LogP contribution in [0.25, 0.3) is 0 Å². The number of hydrogen-bond acceptors (Lipinski definition) is 12. The van der Waals surface area contributed by atoms with E-state index in [0.29, 0.717) is 5.56 Å². The number of esters is 1. The summed E-state index contributed by atoms with van der Waals surface area (Å²) in [7, 11) is 0. The lowest BCUT2D eigenvalue weighted by molar-refractivity contribution is -0.145. The molecule has 16 heteroatoms. The number of aliphatic carboxylic acids is 2. The normalized spacial score (nSPS) is 12.6. The van der Waals surface area contributed by atoms with E-state index in [1.807, 2.05) is 0 Å². The van der Waals surface area contributed by atoms with E-state index in [2.05, 4.69) is 10.6 Å². The number of carbonyl (C=O) groups excluding carboxylic acids is 3. The number of carboxylic acids is 2. The number of rotatable bonds is 14. The van der Waals surface area contributed by atoms with Crippen molar-refractivity contribution in [3.8, 4) is 11.5 Å². The van der Waals surface area contributed by atoms with Crippen LogP contribution in [0, 0.1) is 0 Å². The summed E-state index contributed by atoms with van der Waals surface area (Å²) in [6.45, 7) is -0.247. The van der Waals surface area contributed by atoms with Gasteiger partial charge in [-0.3, -0.25) is 24.0 Å². The molecule has 0 aliphatic rings. The molecule has 37 heavy (non-hydrogen) atoms. The molecule has 0 fully saturated rings. The highest BCUT2D eigenvalue weighted by Gasteiger charge is 2.18. The summed E-state index contributed by atoms with van der Waals surface area (Å²) in [4.78, 5) is 54.5. The van der Waals surface area contributed by atoms with Gasteiger partial charge in [0.2, 0.25) is 11.8 Å². The number of ether oxygens (including phenoxy) is 1. The molecule has 0 aromatic heterocycles. The molecular weight excluding hydrogens is 498 g/mol. The van der Waals surface area contributed by atoms with E-state index < -0.39 is 54.3 Å². The van der Waals surface area contributed by atoms with Crippen molar-refractivity contribution in [1.29, 1.82) is 0 Å². The minimum Gasteiger partial charge on any atom is -0.504 e. The number of aliphatic hydroxyl groups is 1. The van der Waals surface area contributed by atoms with Crippen LogP contribution in [-0.2, 0) is 35.1 Å². The number of nitrogens with one attached hydrogen (secondary N) is 2. The fourth-order valence-electron chi connectivity index (χ4n) is 2.43. The van der Waals surface area contributed by atoms with E-state index in [9.17, 15) is 34.2 Å². The van der Waals surface area contributed by atoms with Crippen LogP contribution in [0.2, 0.25) is 0 Å². The minimum atomic E-state index is -1.29. The zero-order valence-electron chi connectivity index (χ0n) is 19.8. The Balaban J connectivity index is 0.000000908. The summed E-state index contributed by atoms with van der Waals surface area (Å²) < 4.78 is 4.89. The van der Waals surface area contributed by atoms with E-state index in [1.165, 1.54) is 18.2 Å². The first-order valence-electron chi connectivity index (χ1n) is 10.8. The lowest BCUT2D eigenvalue weighted by Crippen LogP contribution is -2.42. The van der Waals surface area contributed by atoms with E-state index in [4.69, 9.17) is 37.3 Å². The number of hydrogen-bond donors (Lipinski definition) is 10. The molecule has 0 aliphatic heterocycles. The molecule has 0 aliphatic carbocycles. The molecule has 16 nitrogen and oxygen atoms in total. The molecule has 3 atom stereocenters. The number of carbonyl (C=O) groups is 5. The van der Waals surface area contributed by atoms with Crippen molar-refractivity contribution < 1.29 is 54.2 Å². The quantitative estimate of drug-likeness (QED) is 0.0628. The van der Waals surface area contributed by atoms with Gasteiger partial charge in [0.05, 0.1) is 32.0 Å². The molecule has 0 radical (unpaired) electrons. The molecule has 1 aromatic carbocycles. The molecule has 2 amide bonds. The molecule has 0 bridgehead atoms. The Morgan fingerprint density at radius 2 is 1.51 bits per heavy atom. The standard InChI is InChI=1S/C15H21N3O7.C6H12N2O4/c16-9(14(22)23)7-13(21)18-3-4-25-15(24)10(17)5-8-1-2-11(19)12(20)6-8;7-4(3-5(10)11)6(12)8-1-2-9/h1-2,6,9-10,19-20H,3-5,7,16-17H2,(H,18,21)(H,22,23);4,9H,1-3,7H2,(H,8,12)(H,10,11). The summed E-state index contributed by atoms with van der Waals surface area (Å²) >= 11 is 0. The molecule has 208 valence electrons. The number of carboxylic acid groups (broad SMARTS) is 2. The first-order chi connectivity index (χ1) is 17.3. The van der Waals surface area contributed by atoms with Gasteiger partial charge in [-0.15, -0.1) is 0 Å². The van der Waals surface area contributed by atoms with Crippen molar-refractivity contribution in [3.05, 3.63) is 23.8 Å². The van der Waals surface area contributed by atoms with Crippen LogP contribution in [0.15, 0.2) is 18.2 Å². The summed E-state index contributed by atoms with van der Waals surface area (Å²) in [5, 5.41) is 48.3. The Hall–Kier alpha value is -3.99. The fourth-order valence-corrected chi connectivity index (χ4v) is 2.43. The first-order valence-corrected chi connectivity index (χ1v) is 10.8. The van der Waals surface area contributed by atoms with Crippen LogP contribution in [0.4, 0.5) is 0 Å². The molecule has 0 saturated heterocycles. The number of phenolic OH excluding ortho intramolecular Hbond substituents is 2. The molecule has 0 spiro atoms. The van der Waals surface area contributed by atoms with Crippen molar-refractivity contribution in [3.63, 3.8) is 0 Å². The third-order valence-corrected chi connectivity index (χ3v) is 4.33. The van der Waals surface area contributed by atoms with E-state index in [1.54, 1.807) is 0 Å². The predicted octanol–water partition coefficient (Wildman–Crippen LogP) is -3.67. The van der Waals surface area contributed by atoms with Gasteiger partial charge in [-0.2, -0.15) is 0 Å². The van der Waals surface area contributed by atoms with Crippen molar-refractivity contribution in [1.82, 2.24) is 10.6 Å². The highest BCUT2D eigenvalue weighted by Crippen LogP contribution is 2.25. The van der Waals surface area contributed by atoms with E-state index in [0.717, 1.165) is 0 Å². The average molecular weight is 532 g/mol. The number of benzene rings is 1. The van der Waals surface area contributed by atoms with Crippen LogP contribution in [-0.4, -0.2) is 99.7 Å². The zero-order chi connectivity index (χ0) is 28.5. The second-order valence-corrected chi connectivity index (χ2v) is 7.52. The third-order valence-electron chi connectivity index (χ3n) is 4.33. The van der Waals surface area contributed by atoms with Gasteiger partial charge in [0.15, 0.2) is 11.5 Å². The Kier molecular flexibility index (Phi) is 15.6. The van der Waals surface area contributed by atoms with Gasteiger partial charge in [0.1, 0.15) is 18.7 Å². The highest BCUT2D eigenvalue weighted by atomic mass is 16.5. The summed E-state index contributed by atoms with van der Waals surface area (Å²) in [6.07, 6.45) is -0.698. The molecular formula is C21H33N5O11. The number of nitrogens with two attached hydrogens (primary N) is 3. The van der Waals surface area contributed by atoms with Crippen LogP contribution in [0.5, 0.6) is 11.5 Å². The summed E-state index contributed by atoms with van der Waals surface area (Å²) in [5.74, 6) is -4.85. The minimum absolute atomic E-state index is 0.0103. The maximum Gasteiger partial charge on any atom is 0.323 e. The average Bonchev–Trinajstić information content (AvgIpc) is 2.82. The Morgan fingerprint density at radius 3 is 2.05 bits per heavy atom. The van der Waals surface area contributed by atoms with Crippen LogP contribution >= 0.6 is 0 Å². The summed E-state index contributed by atoms with van der Waals surface area (Å²) in [6, 6.07) is 0.745. The topological polar surface area (TPSA) is 298 Å². The van der Waals surface area contributed by atoms with Crippen LogP contribution in [0.1, 0.15) is 18.4 Å². The molecule has 1 aromatic rings. The molecule has 0 saturated carbocycles. The third kappa shape index (κ3) is 14.9. The van der Waals surface area contributed by atoms with Gasteiger partial charge < -0.3 is 58.1 Å². The Labute approximate surface area is 211 Å². The second kappa shape index (κ2) is 17.4. The molecule has 1 rings (SSSR count). The SMILES string of the molecule is NC(CC(=O)NCCOC(=O)C(N)Cc1ccc(O)c(O)c1)C(=O)O.NC(CC(=O)O)C(=O)NCCO. The van der Waals surface area contributed by atoms with Gasteiger partial charge >= 0.3 is 17.9 Å². The number of aromatic hydroxyl groups is 2. The number of phenols is 2. The number of aliphatic hydroxyl groups excluding tert-OH is 1. The second-order valence-electron chi connectivity index (χ2n) is 7.52. The zero-order valence-corrected chi connectivity index (χ0v) is 19.8. The van der Waals surface area contributed by atoms with Crippen LogP contribution in [0.3, 0.4) is 0 Å². The van der Waals surface area contributed by atoms with Gasteiger partial charge in [-0.05, 0) is 24.1 Å². The molecule has 3 unspecified atom stereocenters. The van der Waals surface area contributed by atoms with Crippen molar-refractivity contribution in [2.75, 3.05) is 26.3 Å². The lowest BCUT2D eigenvalue weighted by atomic mass is 10.1. The van der Waals surface area contributed by atoms with Crippen molar-refractivity contribution in [2.24, 2.45) is 17.2 Å². The van der Waals surface area contributed by atoms with Gasteiger partial charge in [-0.1, -0.05) is 6.07 Å². The Bertz CT molecular complexity index is 928. The first kappa shape index (κ1) is 33.0. The number of amides is 2. The van der Waals surface area contributed by atoms with Gasteiger partial charge in [0.25, 0.3) is 0 Å². The van der Waals surface area contributed by atoms with Crippen LogP contribution < -0.4 is 27.8 Å². The molecule has 0 heterocycles. The van der Waals surface area contributed by atoms with Gasteiger partial charge in [-0.25, -0.2) is 0 Å². The van der Waals surface area contributed by atoms with E-state index in [-0.39, 0.29) is 50.6 Å². The smallest absolute Gasteiger partial charge is 0.323 e. The highest BCUT2D eigenvalue weighted by molar-refractivity contribution is 5.86. The maximum atomic E-state index is 11.7.